The number of fused-ring (bicyclic) bond motifs is 1. The molecule has 1 amide bonds. The van der Waals surface area contributed by atoms with Crippen LogP contribution >= 0.6 is 0 Å². The standard InChI is InChI=1S/C20H24N4O/c1-15(2)10-13-24-18-7-5-4-6-17(18)22-19(24)14-23(3)20(25)16-8-11-21-12-9-16/h4-9,11-12,15H,10,13-14H2,1-3H3. The van der Waals surface area contributed by atoms with Gasteiger partial charge >= 0.3 is 0 Å². The lowest BCUT2D eigenvalue weighted by Crippen LogP contribution is -2.27. The molecule has 5 nitrogen and oxygen atoms in total. The van der Waals surface area contributed by atoms with Crippen molar-refractivity contribution in [1.82, 2.24) is 19.4 Å². The van der Waals surface area contributed by atoms with Gasteiger partial charge in [0.05, 0.1) is 17.6 Å². The van der Waals surface area contributed by atoms with E-state index in [4.69, 9.17) is 4.98 Å². The van der Waals surface area contributed by atoms with E-state index in [-0.39, 0.29) is 5.91 Å². The van der Waals surface area contributed by atoms with Crippen LogP contribution in [-0.2, 0) is 13.1 Å². The molecule has 0 aliphatic rings. The fourth-order valence-electron chi connectivity index (χ4n) is 2.88. The molecule has 0 saturated heterocycles. The fourth-order valence-corrected chi connectivity index (χ4v) is 2.88. The zero-order valence-electron chi connectivity index (χ0n) is 15.0. The fraction of sp³-hybridized carbons (Fsp3) is 0.350. The van der Waals surface area contributed by atoms with Crippen molar-refractivity contribution in [2.75, 3.05) is 7.05 Å². The van der Waals surface area contributed by atoms with E-state index in [1.807, 2.05) is 25.2 Å². The van der Waals surface area contributed by atoms with E-state index < -0.39 is 0 Å². The summed E-state index contributed by atoms with van der Waals surface area (Å²) in [5, 5.41) is 0. The summed E-state index contributed by atoms with van der Waals surface area (Å²) in [6.45, 7) is 5.83. The maximum absolute atomic E-state index is 12.6. The minimum atomic E-state index is -0.0233. The number of aryl methyl sites for hydroxylation is 1. The quantitative estimate of drug-likeness (QED) is 0.689. The third kappa shape index (κ3) is 3.87. The van der Waals surface area contributed by atoms with E-state index in [0.29, 0.717) is 18.0 Å². The van der Waals surface area contributed by atoms with E-state index in [1.165, 1.54) is 0 Å². The lowest BCUT2D eigenvalue weighted by Gasteiger charge is -2.18. The van der Waals surface area contributed by atoms with Crippen molar-refractivity contribution in [3.8, 4) is 0 Å². The number of pyridine rings is 1. The molecule has 0 aliphatic carbocycles. The minimum Gasteiger partial charge on any atom is -0.334 e. The molecular weight excluding hydrogens is 312 g/mol. The Labute approximate surface area is 148 Å². The van der Waals surface area contributed by atoms with Gasteiger partial charge in [-0.25, -0.2) is 4.98 Å². The average molecular weight is 336 g/mol. The molecule has 0 fully saturated rings. The molecule has 130 valence electrons. The van der Waals surface area contributed by atoms with Crippen molar-refractivity contribution in [2.45, 2.75) is 33.4 Å². The molecule has 3 rings (SSSR count). The zero-order chi connectivity index (χ0) is 17.8. The Morgan fingerprint density at radius 1 is 1.16 bits per heavy atom. The van der Waals surface area contributed by atoms with Crippen molar-refractivity contribution in [3.05, 3.63) is 60.2 Å². The first-order valence-electron chi connectivity index (χ1n) is 8.66. The summed E-state index contributed by atoms with van der Waals surface area (Å²) in [6, 6.07) is 11.6. The first kappa shape index (κ1) is 17.1. The topological polar surface area (TPSA) is 51.0 Å². The Morgan fingerprint density at radius 2 is 1.88 bits per heavy atom. The summed E-state index contributed by atoms with van der Waals surface area (Å²) in [6.07, 6.45) is 4.35. The number of imidazole rings is 1. The summed E-state index contributed by atoms with van der Waals surface area (Å²) < 4.78 is 2.24. The summed E-state index contributed by atoms with van der Waals surface area (Å²) in [5.41, 5.74) is 2.75. The highest BCUT2D eigenvalue weighted by Crippen LogP contribution is 2.19. The van der Waals surface area contributed by atoms with Crippen LogP contribution in [0.3, 0.4) is 0 Å². The van der Waals surface area contributed by atoms with Crippen molar-refractivity contribution in [1.29, 1.82) is 0 Å². The molecule has 0 saturated carbocycles. The number of benzene rings is 1. The van der Waals surface area contributed by atoms with Gasteiger partial charge < -0.3 is 9.47 Å². The number of amides is 1. The van der Waals surface area contributed by atoms with Crippen LogP contribution in [0.4, 0.5) is 0 Å². The zero-order valence-corrected chi connectivity index (χ0v) is 15.0. The monoisotopic (exact) mass is 336 g/mol. The summed E-state index contributed by atoms with van der Waals surface area (Å²) >= 11 is 0. The van der Waals surface area contributed by atoms with Crippen LogP contribution in [0.2, 0.25) is 0 Å². The second-order valence-corrected chi connectivity index (χ2v) is 6.75. The first-order chi connectivity index (χ1) is 12.1. The molecule has 1 aromatic carbocycles. The molecule has 3 aromatic rings. The van der Waals surface area contributed by atoms with Crippen molar-refractivity contribution >= 4 is 16.9 Å². The maximum atomic E-state index is 12.6. The van der Waals surface area contributed by atoms with E-state index in [9.17, 15) is 4.79 Å². The van der Waals surface area contributed by atoms with Gasteiger partial charge in [-0.15, -0.1) is 0 Å². The number of hydrogen-bond acceptors (Lipinski definition) is 3. The number of nitrogens with zero attached hydrogens (tertiary/aromatic N) is 4. The number of para-hydroxylation sites is 2. The third-order valence-electron chi connectivity index (χ3n) is 4.32. The Kier molecular flexibility index (Phi) is 5.12. The Bertz CT molecular complexity index is 855. The Balaban J connectivity index is 1.87. The second kappa shape index (κ2) is 7.47. The average Bonchev–Trinajstić information content (AvgIpc) is 2.97. The van der Waals surface area contributed by atoms with Gasteiger partial charge in [0.15, 0.2) is 0 Å². The molecule has 25 heavy (non-hydrogen) atoms. The second-order valence-electron chi connectivity index (χ2n) is 6.75. The van der Waals surface area contributed by atoms with Gasteiger partial charge in [0, 0.05) is 31.5 Å². The van der Waals surface area contributed by atoms with Crippen LogP contribution in [0.5, 0.6) is 0 Å². The Morgan fingerprint density at radius 3 is 2.60 bits per heavy atom. The molecule has 0 aliphatic heterocycles. The lowest BCUT2D eigenvalue weighted by atomic mass is 10.1. The number of carbonyl (C=O) groups excluding carboxylic acids is 1. The van der Waals surface area contributed by atoms with Gasteiger partial charge in [-0.1, -0.05) is 26.0 Å². The normalized spacial score (nSPS) is 11.2. The molecule has 2 aromatic heterocycles. The smallest absolute Gasteiger partial charge is 0.254 e. The minimum absolute atomic E-state index is 0.0233. The van der Waals surface area contributed by atoms with Crippen LogP contribution in [0.1, 0.15) is 36.5 Å². The van der Waals surface area contributed by atoms with E-state index in [2.05, 4.69) is 29.5 Å². The van der Waals surface area contributed by atoms with Crippen molar-refractivity contribution < 1.29 is 4.79 Å². The van der Waals surface area contributed by atoms with Crippen molar-refractivity contribution in [2.24, 2.45) is 5.92 Å². The highest BCUT2D eigenvalue weighted by atomic mass is 16.2. The molecule has 2 heterocycles. The van der Waals surface area contributed by atoms with Crippen LogP contribution in [0.15, 0.2) is 48.8 Å². The summed E-state index contributed by atoms with van der Waals surface area (Å²) in [4.78, 5) is 23.0. The van der Waals surface area contributed by atoms with E-state index >= 15 is 0 Å². The lowest BCUT2D eigenvalue weighted by molar-refractivity contribution is 0.0780. The first-order valence-corrected chi connectivity index (χ1v) is 8.66. The van der Waals surface area contributed by atoms with Crippen LogP contribution in [0.25, 0.3) is 11.0 Å². The van der Waals surface area contributed by atoms with Gasteiger partial charge in [-0.05, 0) is 36.6 Å². The molecule has 0 unspecified atom stereocenters. The predicted octanol–water partition coefficient (Wildman–Crippen LogP) is 3.75. The molecule has 0 atom stereocenters. The van der Waals surface area contributed by atoms with Gasteiger partial charge in [0.25, 0.3) is 5.91 Å². The molecule has 0 spiro atoms. The Hall–Kier alpha value is -2.69. The van der Waals surface area contributed by atoms with Gasteiger partial charge in [0.1, 0.15) is 5.82 Å². The summed E-state index contributed by atoms with van der Waals surface area (Å²) in [5.74, 6) is 1.52. The predicted molar refractivity (Wildman–Crippen MR) is 99.2 cm³/mol. The summed E-state index contributed by atoms with van der Waals surface area (Å²) in [7, 11) is 1.81. The largest absolute Gasteiger partial charge is 0.334 e. The SMILES string of the molecule is CC(C)CCn1c(CN(C)C(=O)c2ccncc2)nc2ccccc21. The highest BCUT2D eigenvalue weighted by Gasteiger charge is 2.17. The number of hydrogen-bond donors (Lipinski definition) is 0. The number of aromatic nitrogens is 3. The van der Waals surface area contributed by atoms with Crippen LogP contribution in [-0.4, -0.2) is 32.4 Å². The molecule has 0 radical (unpaired) electrons. The van der Waals surface area contributed by atoms with Gasteiger partial charge in [-0.3, -0.25) is 9.78 Å². The highest BCUT2D eigenvalue weighted by molar-refractivity contribution is 5.93. The van der Waals surface area contributed by atoms with Crippen LogP contribution in [0, 0.1) is 5.92 Å². The van der Waals surface area contributed by atoms with Crippen molar-refractivity contribution in [3.63, 3.8) is 0 Å². The molecule has 5 heteroatoms. The maximum Gasteiger partial charge on any atom is 0.254 e. The molecule has 0 N–H and O–H groups in total. The third-order valence-corrected chi connectivity index (χ3v) is 4.32. The van der Waals surface area contributed by atoms with Gasteiger partial charge in [0.2, 0.25) is 0 Å². The van der Waals surface area contributed by atoms with E-state index in [0.717, 1.165) is 29.8 Å². The van der Waals surface area contributed by atoms with Crippen LogP contribution < -0.4 is 0 Å². The number of rotatable bonds is 6. The molecular formula is C20H24N4O. The van der Waals surface area contributed by atoms with E-state index in [1.54, 1.807) is 29.4 Å². The number of carbonyl (C=O) groups is 1. The molecule has 0 bridgehead atoms. The van der Waals surface area contributed by atoms with Gasteiger partial charge in [-0.2, -0.15) is 0 Å².